The molecule has 4 rings (SSSR count). The zero-order valence-electron chi connectivity index (χ0n) is 14.1. The number of aromatic nitrogens is 2. The van der Waals surface area contributed by atoms with Gasteiger partial charge >= 0.3 is 0 Å². The third kappa shape index (κ3) is 3.24. The summed E-state index contributed by atoms with van der Waals surface area (Å²) in [6.07, 6.45) is 15.8. The van der Waals surface area contributed by atoms with E-state index in [1.165, 1.54) is 32.1 Å². The zero-order valence-corrected chi connectivity index (χ0v) is 14.9. The lowest BCUT2D eigenvalue weighted by atomic mass is 10.0. The topological polar surface area (TPSA) is 46.9 Å². The van der Waals surface area contributed by atoms with Crippen molar-refractivity contribution in [2.75, 3.05) is 6.54 Å². The average Bonchev–Trinajstić information content (AvgIpc) is 2.64. The minimum Gasteiger partial charge on any atom is -0.312 e. The van der Waals surface area contributed by atoms with Crippen LogP contribution in [0, 0.1) is 0 Å². The van der Waals surface area contributed by atoms with Gasteiger partial charge in [0.15, 0.2) is 5.16 Å². The Morgan fingerprint density at radius 2 is 2.08 bits per heavy atom. The molecule has 4 nitrogen and oxygen atoms in total. The number of hydrogen-bond donors (Lipinski definition) is 1. The molecule has 1 aromatic heterocycles. The Kier molecular flexibility index (Phi) is 4.90. The summed E-state index contributed by atoms with van der Waals surface area (Å²) in [6.45, 7) is 1.56. The predicted molar refractivity (Wildman–Crippen MR) is 99.3 cm³/mol. The van der Waals surface area contributed by atoms with E-state index in [1.807, 2.05) is 16.3 Å². The van der Waals surface area contributed by atoms with Crippen molar-refractivity contribution in [1.29, 1.82) is 0 Å². The van der Waals surface area contributed by atoms with E-state index in [9.17, 15) is 4.79 Å². The fourth-order valence-electron chi connectivity index (χ4n) is 3.79. The van der Waals surface area contributed by atoms with Crippen LogP contribution < -0.4 is 10.9 Å². The molecular weight excluding hydrogens is 318 g/mol. The van der Waals surface area contributed by atoms with E-state index in [0.29, 0.717) is 11.8 Å². The first kappa shape index (κ1) is 16.2. The Balaban J connectivity index is 1.77. The Morgan fingerprint density at radius 1 is 1.21 bits per heavy atom. The van der Waals surface area contributed by atoms with Gasteiger partial charge in [-0.2, -0.15) is 0 Å². The van der Waals surface area contributed by atoms with E-state index in [2.05, 4.69) is 23.5 Å². The van der Waals surface area contributed by atoms with Gasteiger partial charge in [-0.15, -0.1) is 0 Å². The fraction of sp³-hybridized carbons (Fsp3) is 0.579. The number of rotatable bonds is 3. The maximum absolute atomic E-state index is 13.2. The van der Waals surface area contributed by atoms with Crippen LogP contribution in [0.15, 0.2) is 28.2 Å². The highest BCUT2D eigenvalue weighted by molar-refractivity contribution is 7.99. The van der Waals surface area contributed by atoms with Crippen molar-refractivity contribution in [2.24, 2.45) is 0 Å². The van der Waals surface area contributed by atoms with Gasteiger partial charge in [0.1, 0.15) is 0 Å². The first-order chi connectivity index (χ1) is 11.8. The molecule has 0 saturated heterocycles. The molecule has 0 spiro atoms. The van der Waals surface area contributed by atoms with Gasteiger partial charge in [-0.1, -0.05) is 43.2 Å². The third-order valence-corrected chi connectivity index (χ3v) is 6.42. The molecule has 1 aliphatic heterocycles. The quantitative estimate of drug-likeness (QED) is 0.853. The van der Waals surface area contributed by atoms with Gasteiger partial charge in [-0.05, 0) is 31.8 Å². The molecule has 1 saturated carbocycles. The smallest absolute Gasteiger partial charge is 0.263 e. The normalized spacial score (nSPS) is 21.4. The maximum Gasteiger partial charge on any atom is 0.263 e. The third-order valence-electron chi connectivity index (χ3n) is 5.13. The van der Waals surface area contributed by atoms with E-state index >= 15 is 0 Å². The minimum atomic E-state index is 0.128. The summed E-state index contributed by atoms with van der Waals surface area (Å²) in [7, 11) is 0. The van der Waals surface area contributed by atoms with Crippen LogP contribution in [0.25, 0.3) is 5.70 Å². The second-order valence-corrected chi connectivity index (χ2v) is 8.14. The van der Waals surface area contributed by atoms with Crippen LogP contribution in [0.5, 0.6) is 0 Å². The van der Waals surface area contributed by atoms with Gasteiger partial charge in [-0.3, -0.25) is 9.36 Å². The van der Waals surface area contributed by atoms with Crippen LogP contribution in [0.1, 0.15) is 56.2 Å². The molecule has 2 heterocycles. The number of nitrogens with one attached hydrogen (secondary N) is 1. The van der Waals surface area contributed by atoms with Crippen molar-refractivity contribution < 1.29 is 0 Å². The van der Waals surface area contributed by atoms with Crippen LogP contribution >= 0.6 is 11.8 Å². The van der Waals surface area contributed by atoms with Gasteiger partial charge in [0.05, 0.1) is 11.3 Å². The molecule has 1 N–H and O–H groups in total. The number of fused-ring (bicyclic) bond motifs is 1. The molecule has 0 atom stereocenters. The van der Waals surface area contributed by atoms with Gasteiger partial charge in [-0.25, -0.2) is 4.98 Å². The molecule has 3 aliphatic rings. The van der Waals surface area contributed by atoms with Crippen LogP contribution in [0.2, 0.25) is 0 Å². The predicted octanol–water partition coefficient (Wildman–Crippen LogP) is 3.50. The van der Waals surface area contributed by atoms with E-state index in [1.54, 1.807) is 0 Å². The molecule has 0 bridgehead atoms. The standard InChI is InChI=1S/C19H25N3OS/c23-18-16-13-20-12-11-17(16)21-19(24-15-9-5-2-6-10-15)22(18)14-7-3-1-4-8-14/h3,7-8,15,20H,1-2,4-6,9-13H2. The summed E-state index contributed by atoms with van der Waals surface area (Å²) in [4.78, 5) is 18.1. The van der Waals surface area contributed by atoms with Crippen molar-refractivity contribution in [2.45, 2.75) is 68.3 Å². The lowest BCUT2D eigenvalue weighted by Gasteiger charge is -2.25. The highest BCUT2D eigenvalue weighted by atomic mass is 32.2. The number of nitrogens with zero attached hydrogens (tertiary/aromatic N) is 2. The average molecular weight is 343 g/mol. The molecule has 1 aromatic rings. The summed E-state index contributed by atoms with van der Waals surface area (Å²) in [5.41, 5.74) is 3.00. The van der Waals surface area contributed by atoms with E-state index in [-0.39, 0.29) is 5.56 Å². The van der Waals surface area contributed by atoms with E-state index in [0.717, 1.165) is 47.9 Å². The molecule has 24 heavy (non-hydrogen) atoms. The second-order valence-electron chi connectivity index (χ2n) is 6.87. The highest BCUT2D eigenvalue weighted by Crippen LogP contribution is 2.34. The lowest BCUT2D eigenvalue weighted by Crippen LogP contribution is -2.36. The molecule has 5 heteroatoms. The Morgan fingerprint density at radius 3 is 2.88 bits per heavy atom. The van der Waals surface area contributed by atoms with Crippen LogP contribution in [0.4, 0.5) is 0 Å². The van der Waals surface area contributed by atoms with Crippen molar-refractivity contribution >= 4 is 17.5 Å². The van der Waals surface area contributed by atoms with Crippen molar-refractivity contribution in [1.82, 2.24) is 14.9 Å². The molecule has 128 valence electrons. The van der Waals surface area contributed by atoms with Crippen molar-refractivity contribution in [3.8, 4) is 0 Å². The monoisotopic (exact) mass is 343 g/mol. The lowest BCUT2D eigenvalue weighted by molar-refractivity contribution is 0.514. The summed E-state index contributed by atoms with van der Waals surface area (Å²) in [5, 5.41) is 4.82. The number of thioether (sulfide) groups is 1. The Hall–Kier alpha value is -1.33. The van der Waals surface area contributed by atoms with Crippen LogP contribution in [-0.2, 0) is 13.0 Å². The minimum absolute atomic E-state index is 0.128. The van der Waals surface area contributed by atoms with Gasteiger partial charge in [0, 0.05) is 30.5 Å². The summed E-state index contributed by atoms with van der Waals surface area (Å²) >= 11 is 1.83. The van der Waals surface area contributed by atoms with Gasteiger partial charge in [0.25, 0.3) is 5.56 Å². The molecule has 0 unspecified atom stereocenters. The molecular formula is C19H25N3OS. The van der Waals surface area contributed by atoms with Crippen molar-refractivity contribution in [3.05, 3.63) is 39.8 Å². The molecule has 1 fully saturated rings. The Bertz CT molecular complexity index is 729. The van der Waals surface area contributed by atoms with E-state index in [4.69, 9.17) is 4.98 Å². The van der Waals surface area contributed by atoms with Gasteiger partial charge < -0.3 is 5.32 Å². The zero-order chi connectivity index (χ0) is 16.4. The number of allylic oxidation sites excluding steroid dienone is 4. The van der Waals surface area contributed by atoms with Crippen LogP contribution in [0.3, 0.4) is 0 Å². The molecule has 0 amide bonds. The highest BCUT2D eigenvalue weighted by Gasteiger charge is 2.24. The van der Waals surface area contributed by atoms with Gasteiger partial charge in [0.2, 0.25) is 0 Å². The Labute approximate surface area is 147 Å². The summed E-state index contributed by atoms with van der Waals surface area (Å²) < 4.78 is 1.88. The fourth-order valence-corrected chi connectivity index (χ4v) is 5.11. The summed E-state index contributed by atoms with van der Waals surface area (Å²) in [5.74, 6) is 0. The second kappa shape index (κ2) is 7.28. The molecule has 0 aromatic carbocycles. The molecule has 2 aliphatic carbocycles. The van der Waals surface area contributed by atoms with Crippen LogP contribution in [-0.4, -0.2) is 21.3 Å². The first-order valence-electron chi connectivity index (χ1n) is 9.22. The largest absolute Gasteiger partial charge is 0.312 e. The SMILES string of the molecule is O=c1c2c(nc(SC3CCCCC3)n1C1=CCCC=C1)CCNC2. The summed E-state index contributed by atoms with van der Waals surface area (Å²) in [6, 6.07) is 0. The van der Waals surface area contributed by atoms with Crippen molar-refractivity contribution in [3.63, 3.8) is 0 Å². The maximum atomic E-state index is 13.2. The first-order valence-corrected chi connectivity index (χ1v) is 10.1. The van der Waals surface area contributed by atoms with E-state index < -0.39 is 0 Å². The number of hydrogen-bond acceptors (Lipinski definition) is 4. The molecule has 0 radical (unpaired) electrons.